The Balaban J connectivity index is 2.50. The molecule has 126 valence electrons. The number of hydrogen-bond acceptors (Lipinski definition) is 3. The van der Waals surface area contributed by atoms with E-state index in [2.05, 4.69) is 13.8 Å². The van der Waals surface area contributed by atoms with Crippen LogP contribution in [-0.2, 0) is 14.3 Å². The molecule has 3 nitrogen and oxygen atoms in total. The van der Waals surface area contributed by atoms with Crippen molar-refractivity contribution in [3.05, 3.63) is 59.3 Å². The summed E-state index contributed by atoms with van der Waals surface area (Å²) in [6, 6.07) is 0. The van der Waals surface area contributed by atoms with Gasteiger partial charge in [-0.15, -0.1) is 0 Å². The van der Waals surface area contributed by atoms with E-state index in [9.17, 15) is 4.79 Å². The van der Waals surface area contributed by atoms with E-state index in [0.717, 1.165) is 17.4 Å². The summed E-state index contributed by atoms with van der Waals surface area (Å²) in [6.07, 6.45) is 14.2. The van der Waals surface area contributed by atoms with Crippen molar-refractivity contribution in [2.75, 3.05) is 13.2 Å². The molecule has 1 aliphatic heterocycles. The van der Waals surface area contributed by atoms with Crippen molar-refractivity contribution in [2.45, 2.75) is 40.9 Å². The maximum absolute atomic E-state index is 10.5. The van der Waals surface area contributed by atoms with Gasteiger partial charge >= 0.3 is 0 Å². The maximum Gasteiger partial charge on any atom is 0.179 e. The molecule has 0 N–H and O–H groups in total. The van der Waals surface area contributed by atoms with Crippen LogP contribution < -0.4 is 0 Å². The van der Waals surface area contributed by atoms with Crippen LogP contribution in [-0.4, -0.2) is 25.8 Å². The Bertz CT molecular complexity index is 535. The Kier molecular flexibility index (Phi) is 7.93. The van der Waals surface area contributed by atoms with Gasteiger partial charge in [-0.3, -0.25) is 4.79 Å². The highest BCUT2D eigenvalue weighted by Crippen LogP contribution is 2.25. The van der Waals surface area contributed by atoms with Gasteiger partial charge < -0.3 is 9.47 Å². The number of carbonyl (C=O) groups is 1. The Hall–Kier alpha value is -1.71. The second-order valence-electron chi connectivity index (χ2n) is 6.71. The van der Waals surface area contributed by atoms with Crippen LogP contribution in [0.4, 0.5) is 0 Å². The van der Waals surface area contributed by atoms with E-state index in [1.807, 2.05) is 50.3 Å². The zero-order valence-electron chi connectivity index (χ0n) is 14.8. The van der Waals surface area contributed by atoms with Crippen molar-refractivity contribution in [2.24, 2.45) is 5.41 Å². The van der Waals surface area contributed by atoms with Gasteiger partial charge in [-0.1, -0.05) is 62.0 Å². The first-order valence-electron chi connectivity index (χ1n) is 7.89. The fourth-order valence-corrected chi connectivity index (χ4v) is 1.89. The second kappa shape index (κ2) is 9.43. The van der Waals surface area contributed by atoms with Crippen LogP contribution in [0.1, 0.15) is 34.6 Å². The molecule has 0 aromatic rings. The zero-order chi connectivity index (χ0) is 17.3. The Morgan fingerprint density at radius 1 is 0.913 bits per heavy atom. The van der Waals surface area contributed by atoms with Crippen LogP contribution in [0.5, 0.6) is 0 Å². The third-order valence-corrected chi connectivity index (χ3v) is 3.36. The van der Waals surface area contributed by atoms with E-state index in [-0.39, 0.29) is 11.7 Å². The normalized spacial score (nSPS) is 21.3. The number of aldehydes is 1. The van der Waals surface area contributed by atoms with Crippen molar-refractivity contribution < 1.29 is 14.3 Å². The molecule has 0 aromatic heterocycles. The van der Waals surface area contributed by atoms with Gasteiger partial charge in [0.1, 0.15) is 6.29 Å². The van der Waals surface area contributed by atoms with E-state index in [4.69, 9.17) is 9.47 Å². The number of allylic oxidation sites excluding steroid dienone is 9. The van der Waals surface area contributed by atoms with Crippen molar-refractivity contribution in [1.29, 1.82) is 0 Å². The van der Waals surface area contributed by atoms with E-state index in [1.54, 1.807) is 13.0 Å². The Morgan fingerprint density at radius 3 is 2.09 bits per heavy atom. The molecule has 0 bridgehead atoms. The molecule has 1 fully saturated rings. The van der Waals surface area contributed by atoms with E-state index in [0.29, 0.717) is 18.8 Å². The first-order chi connectivity index (χ1) is 10.8. The van der Waals surface area contributed by atoms with Gasteiger partial charge in [-0.05, 0) is 31.9 Å². The standard InChI is InChI=1S/C20H28O3/c1-16(10-8-11-17(2)13-21)9-6-7-12-18(3)19-22-14-20(4,5)15-23-19/h6-13,19H,14-15H2,1-5H3/b7-6+,10-8+,16-9+,17-11+,18-12+. The highest BCUT2D eigenvalue weighted by atomic mass is 16.7. The number of rotatable bonds is 6. The summed E-state index contributed by atoms with van der Waals surface area (Å²) in [5.74, 6) is 0. The predicted molar refractivity (Wildman–Crippen MR) is 95.1 cm³/mol. The lowest BCUT2D eigenvalue weighted by atomic mass is 9.95. The molecule has 23 heavy (non-hydrogen) atoms. The minimum atomic E-state index is -0.242. The van der Waals surface area contributed by atoms with Crippen molar-refractivity contribution in [3.63, 3.8) is 0 Å². The lowest BCUT2D eigenvalue weighted by Gasteiger charge is -2.34. The molecular formula is C20H28O3. The predicted octanol–water partition coefficient (Wildman–Crippen LogP) is 4.54. The molecule has 0 spiro atoms. The summed E-state index contributed by atoms with van der Waals surface area (Å²) in [7, 11) is 0. The first-order valence-corrected chi connectivity index (χ1v) is 7.89. The van der Waals surface area contributed by atoms with Gasteiger partial charge in [0.05, 0.1) is 13.2 Å². The molecule has 1 saturated heterocycles. The third kappa shape index (κ3) is 7.91. The molecule has 0 saturated carbocycles. The molecule has 0 radical (unpaired) electrons. The highest BCUT2D eigenvalue weighted by molar-refractivity contribution is 5.72. The van der Waals surface area contributed by atoms with E-state index in [1.165, 1.54) is 0 Å². The van der Waals surface area contributed by atoms with Crippen molar-refractivity contribution in [3.8, 4) is 0 Å². The summed E-state index contributed by atoms with van der Waals surface area (Å²) in [4.78, 5) is 10.5. The van der Waals surface area contributed by atoms with Crippen LogP contribution in [0.2, 0.25) is 0 Å². The lowest BCUT2D eigenvalue weighted by Crippen LogP contribution is -2.38. The van der Waals surface area contributed by atoms with Gasteiger partial charge in [0.2, 0.25) is 0 Å². The summed E-state index contributed by atoms with van der Waals surface area (Å²) >= 11 is 0. The van der Waals surface area contributed by atoms with Crippen LogP contribution in [0, 0.1) is 5.41 Å². The van der Waals surface area contributed by atoms with Gasteiger partial charge in [0.25, 0.3) is 0 Å². The van der Waals surface area contributed by atoms with Crippen LogP contribution in [0.3, 0.4) is 0 Å². The molecule has 0 amide bonds. The average Bonchev–Trinajstić information content (AvgIpc) is 2.51. The smallest absolute Gasteiger partial charge is 0.179 e. The van der Waals surface area contributed by atoms with E-state index < -0.39 is 0 Å². The molecular weight excluding hydrogens is 288 g/mol. The topological polar surface area (TPSA) is 35.5 Å². The fourth-order valence-electron chi connectivity index (χ4n) is 1.89. The summed E-state index contributed by atoms with van der Waals surface area (Å²) in [6.45, 7) is 11.5. The van der Waals surface area contributed by atoms with Gasteiger partial charge in [-0.2, -0.15) is 0 Å². The number of carbonyl (C=O) groups excluding carboxylic acids is 1. The Labute approximate surface area is 140 Å². The number of hydrogen-bond donors (Lipinski definition) is 0. The first kappa shape index (κ1) is 19.3. The van der Waals surface area contributed by atoms with Gasteiger partial charge in [-0.25, -0.2) is 0 Å². The van der Waals surface area contributed by atoms with Gasteiger partial charge in [0, 0.05) is 5.41 Å². The van der Waals surface area contributed by atoms with Crippen molar-refractivity contribution in [1.82, 2.24) is 0 Å². The zero-order valence-corrected chi connectivity index (χ0v) is 14.8. The van der Waals surface area contributed by atoms with Crippen LogP contribution >= 0.6 is 0 Å². The molecule has 3 heteroatoms. The summed E-state index contributed by atoms with van der Waals surface area (Å²) in [5, 5.41) is 0. The Morgan fingerprint density at radius 2 is 1.48 bits per heavy atom. The molecule has 1 rings (SSSR count). The quantitative estimate of drug-likeness (QED) is 0.410. The molecule has 0 unspecified atom stereocenters. The van der Waals surface area contributed by atoms with E-state index >= 15 is 0 Å². The van der Waals surface area contributed by atoms with Crippen LogP contribution in [0.25, 0.3) is 0 Å². The SMILES string of the molecule is C\C(C=O)=C/C=C/C(C)=C/C=C/C=C(\C)C1OCC(C)(C)CO1. The van der Waals surface area contributed by atoms with Crippen LogP contribution in [0.15, 0.2) is 59.3 Å². The summed E-state index contributed by atoms with van der Waals surface area (Å²) < 4.78 is 11.5. The molecule has 0 atom stereocenters. The summed E-state index contributed by atoms with van der Waals surface area (Å²) in [5.41, 5.74) is 2.96. The fraction of sp³-hybridized carbons (Fsp3) is 0.450. The van der Waals surface area contributed by atoms with Gasteiger partial charge in [0.15, 0.2) is 6.29 Å². The minimum Gasteiger partial charge on any atom is -0.348 e. The molecule has 0 aromatic carbocycles. The second-order valence-corrected chi connectivity index (χ2v) is 6.71. The molecule has 1 heterocycles. The minimum absolute atomic E-state index is 0.0927. The monoisotopic (exact) mass is 316 g/mol. The highest BCUT2D eigenvalue weighted by Gasteiger charge is 2.28. The maximum atomic E-state index is 10.5. The largest absolute Gasteiger partial charge is 0.348 e. The number of ether oxygens (including phenoxy) is 2. The van der Waals surface area contributed by atoms with Crippen molar-refractivity contribution >= 4 is 6.29 Å². The third-order valence-electron chi connectivity index (χ3n) is 3.36. The lowest BCUT2D eigenvalue weighted by molar-refractivity contribution is -0.202. The molecule has 1 aliphatic rings. The molecule has 0 aliphatic carbocycles. The average molecular weight is 316 g/mol.